The van der Waals surface area contributed by atoms with Crippen LogP contribution in [0.5, 0.6) is 11.5 Å². The van der Waals surface area contributed by atoms with Crippen molar-refractivity contribution in [1.82, 2.24) is 0 Å². The molecule has 136 valence electrons. The molecule has 0 spiro atoms. The van der Waals surface area contributed by atoms with Gasteiger partial charge in [-0.05, 0) is 42.7 Å². The van der Waals surface area contributed by atoms with Crippen LogP contribution in [-0.2, 0) is 16.5 Å². The van der Waals surface area contributed by atoms with Crippen LogP contribution in [-0.4, -0.2) is 13.0 Å². The number of unbranched alkanes of at least 4 members (excludes halogenated alkanes) is 5. The Morgan fingerprint density at radius 3 is 2.23 bits per heavy atom. The molecule has 2 aromatic rings. The number of para-hydroxylation sites is 1. The number of rotatable bonds is 10. The topological polar surface area (TPSA) is 66.4 Å². The van der Waals surface area contributed by atoms with Crippen LogP contribution in [0, 0.1) is 0 Å². The van der Waals surface area contributed by atoms with E-state index >= 15 is 0 Å². The van der Waals surface area contributed by atoms with Gasteiger partial charge in [-0.2, -0.15) is 0 Å². The van der Waals surface area contributed by atoms with Gasteiger partial charge in [0.25, 0.3) is 0 Å². The predicted molar refractivity (Wildman–Crippen MR) is 98.0 cm³/mol. The standard InChI is InChI=1S/C20H26O4S.K/c1-2-3-4-5-6-8-11-17-14-15-19(25(21,22)23)16-20(17)24-18-12-9-7-10-13-18;/h7,9-10,12-16H,2-6,8,11H2,1H3,(H,21,22,23);/q;+1/p-1. The second kappa shape index (κ2) is 12.3. The SMILES string of the molecule is CCCCCCCCc1ccc(S(=O)(=O)[O-])cc1Oc1ccccc1.[K+]. The van der Waals surface area contributed by atoms with Crippen molar-refractivity contribution in [1.29, 1.82) is 0 Å². The molecule has 0 unspecified atom stereocenters. The average molecular weight is 401 g/mol. The van der Waals surface area contributed by atoms with Gasteiger partial charge >= 0.3 is 51.4 Å². The van der Waals surface area contributed by atoms with E-state index in [1.165, 1.54) is 37.8 Å². The molecule has 0 aliphatic carbocycles. The van der Waals surface area contributed by atoms with Crippen molar-refractivity contribution < 1.29 is 69.1 Å². The fourth-order valence-electron chi connectivity index (χ4n) is 2.70. The Kier molecular flexibility index (Phi) is 11.3. The van der Waals surface area contributed by atoms with Crippen LogP contribution in [0.15, 0.2) is 53.4 Å². The van der Waals surface area contributed by atoms with E-state index in [0.717, 1.165) is 24.8 Å². The van der Waals surface area contributed by atoms with Crippen molar-refractivity contribution in [3.8, 4) is 11.5 Å². The van der Waals surface area contributed by atoms with E-state index < -0.39 is 10.1 Å². The Balaban J connectivity index is 0.00000338. The summed E-state index contributed by atoms with van der Waals surface area (Å²) in [5.74, 6) is 1.06. The summed E-state index contributed by atoms with van der Waals surface area (Å²) < 4.78 is 39.7. The molecule has 6 heteroatoms. The predicted octanol–water partition coefficient (Wildman–Crippen LogP) is 2.29. The van der Waals surface area contributed by atoms with E-state index in [9.17, 15) is 13.0 Å². The molecule has 0 bridgehead atoms. The maximum atomic E-state index is 11.3. The summed E-state index contributed by atoms with van der Waals surface area (Å²) in [5.41, 5.74) is 0.923. The minimum Gasteiger partial charge on any atom is -0.744 e. The van der Waals surface area contributed by atoms with Gasteiger partial charge in [0.1, 0.15) is 21.6 Å². The molecule has 0 saturated heterocycles. The van der Waals surface area contributed by atoms with Crippen LogP contribution in [0.25, 0.3) is 0 Å². The van der Waals surface area contributed by atoms with Crippen LogP contribution in [0.1, 0.15) is 51.0 Å². The van der Waals surface area contributed by atoms with Gasteiger partial charge in [0.15, 0.2) is 0 Å². The third-order valence-corrected chi connectivity index (χ3v) is 4.93. The molecule has 0 aliphatic rings. The second-order valence-corrected chi connectivity index (χ2v) is 7.54. The maximum absolute atomic E-state index is 11.3. The molecule has 0 aromatic heterocycles. The average Bonchev–Trinajstić information content (AvgIpc) is 2.59. The first-order valence-electron chi connectivity index (χ1n) is 8.82. The van der Waals surface area contributed by atoms with Crippen LogP contribution in [0.4, 0.5) is 0 Å². The summed E-state index contributed by atoms with van der Waals surface area (Å²) in [6.07, 6.45) is 7.88. The minimum atomic E-state index is -4.50. The van der Waals surface area contributed by atoms with E-state index in [4.69, 9.17) is 4.74 Å². The zero-order valence-corrected chi connectivity index (χ0v) is 19.5. The molecule has 4 nitrogen and oxygen atoms in total. The first-order valence-corrected chi connectivity index (χ1v) is 10.2. The van der Waals surface area contributed by atoms with Crippen LogP contribution in [0.3, 0.4) is 0 Å². The Morgan fingerprint density at radius 2 is 1.58 bits per heavy atom. The Bertz CT molecular complexity index is 761. The summed E-state index contributed by atoms with van der Waals surface area (Å²) in [6.45, 7) is 2.19. The van der Waals surface area contributed by atoms with Crippen LogP contribution >= 0.6 is 0 Å². The van der Waals surface area contributed by atoms with Crippen molar-refractivity contribution in [2.45, 2.75) is 56.8 Å². The number of hydrogen-bond donors (Lipinski definition) is 0. The minimum absolute atomic E-state index is 0. The van der Waals surface area contributed by atoms with Crippen molar-refractivity contribution >= 4 is 10.1 Å². The molecule has 0 atom stereocenters. The van der Waals surface area contributed by atoms with Gasteiger partial charge in [-0.15, -0.1) is 0 Å². The van der Waals surface area contributed by atoms with Gasteiger partial charge in [0.05, 0.1) is 4.90 Å². The molecule has 0 saturated carbocycles. The number of aryl methyl sites for hydroxylation is 1. The molecular formula is C20H25KO4S. The largest absolute Gasteiger partial charge is 1.00 e. The maximum Gasteiger partial charge on any atom is 1.00 e. The summed E-state index contributed by atoms with van der Waals surface area (Å²) in [4.78, 5) is -0.259. The zero-order valence-electron chi connectivity index (χ0n) is 15.6. The van der Waals surface area contributed by atoms with Crippen LogP contribution < -0.4 is 56.1 Å². The fraction of sp³-hybridized carbons (Fsp3) is 0.400. The molecule has 2 aromatic carbocycles. The number of benzene rings is 2. The Hall–Kier alpha value is -0.214. The van der Waals surface area contributed by atoms with Crippen LogP contribution in [0.2, 0.25) is 0 Å². The van der Waals surface area contributed by atoms with Crippen molar-refractivity contribution in [3.05, 3.63) is 54.1 Å². The molecule has 0 amide bonds. The van der Waals surface area contributed by atoms with Crippen molar-refractivity contribution in [3.63, 3.8) is 0 Å². The third kappa shape index (κ3) is 8.21. The Morgan fingerprint density at radius 1 is 0.923 bits per heavy atom. The van der Waals surface area contributed by atoms with Crippen molar-refractivity contribution in [2.24, 2.45) is 0 Å². The van der Waals surface area contributed by atoms with E-state index in [1.807, 2.05) is 18.2 Å². The van der Waals surface area contributed by atoms with Gasteiger partial charge in [0, 0.05) is 0 Å². The normalized spacial score (nSPS) is 11.0. The van der Waals surface area contributed by atoms with E-state index in [1.54, 1.807) is 18.2 Å². The smallest absolute Gasteiger partial charge is 0.744 e. The van der Waals surface area contributed by atoms with Gasteiger partial charge < -0.3 is 9.29 Å². The molecule has 0 radical (unpaired) electrons. The fourth-order valence-corrected chi connectivity index (χ4v) is 3.19. The molecular weight excluding hydrogens is 375 g/mol. The number of hydrogen-bond acceptors (Lipinski definition) is 4. The first-order chi connectivity index (χ1) is 12.0. The molecule has 0 fully saturated rings. The van der Waals surface area contributed by atoms with E-state index in [2.05, 4.69) is 6.92 Å². The summed E-state index contributed by atoms with van der Waals surface area (Å²) in [6, 6.07) is 13.6. The summed E-state index contributed by atoms with van der Waals surface area (Å²) in [5, 5.41) is 0. The second-order valence-electron chi connectivity index (χ2n) is 6.16. The molecule has 0 aliphatic heterocycles. The monoisotopic (exact) mass is 400 g/mol. The molecule has 0 heterocycles. The van der Waals surface area contributed by atoms with E-state index in [-0.39, 0.29) is 56.3 Å². The molecule has 0 N–H and O–H groups in total. The van der Waals surface area contributed by atoms with Gasteiger partial charge in [0.2, 0.25) is 0 Å². The van der Waals surface area contributed by atoms with Gasteiger partial charge in [-0.1, -0.05) is 63.3 Å². The summed E-state index contributed by atoms with van der Waals surface area (Å²) >= 11 is 0. The van der Waals surface area contributed by atoms with Gasteiger partial charge in [-0.3, -0.25) is 0 Å². The molecule has 26 heavy (non-hydrogen) atoms. The van der Waals surface area contributed by atoms with Gasteiger partial charge in [-0.25, -0.2) is 8.42 Å². The third-order valence-electron chi connectivity index (χ3n) is 4.10. The number of ether oxygens (including phenoxy) is 1. The molecule has 2 rings (SSSR count). The summed E-state index contributed by atoms with van der Waals surface area (Å²) in [7, 11) is -4.50. The quantitative estimate of drug-likeness (QED) is 0.349. The Labute approximate surface area is 199 Å². The zero-order chi connectivity index (χ0) is 18.1. The van der Waals surface area contributed by atoms with E-state index in [0.29, 0.717) is 11.5 Å². The first kappa shape index (κ1) is 23.8. The van der Waals surface area contributed by atoms with Crippen molar-refractivity contribution in [2.75, 3.05) is 0 Å².